The van der Waals surface area contributed by atoms with Gasteiger partial charge in [0, 0.05) is 16.2 Å². The van der Waals surface area contributed by atoms with E-state index in [9.17, 15) is 9.18 Å². The molecule has 76 valence electrons. The van der Waals surface area contributed by atoms with Gasteiger partial charge in [0.2, 0.25) is 0 Å². The Labute approximate surface area is 99.0 Å². The number of rotatable bonds is 3. The van der Waals surface area contributed by atoms with Crippen LogP contribution >= 0.6 is 31.9 Å². The minimum atomic E-state index is -0.450. The van der Waals surface area contributed by atoms with Crippen LogP contribution in [0.15, 0.2) is 16.6 Å². The standard InChI is InChI=1S/C10H9Br2FO/c1-2-9(14)10-6(5-11)7(12)3-4-8(10)13/h3-4H,2,5H2,1H3. The molecule has 0 aromatic heterocycles. The third kappa shape index (κ3) is 2.23. The molecule has 0 unspecified atom stereocenters. The van der Waals surface area contributed by atoms with Crippen molar-refractivity contribution in [2.24, 2.45) is 0 Å². The zero-order valence-electron chi connectivity index (χ0n) is 7.61. The molecule has 1 aromatic carbocycles. The molecule has 0 spiro atoms. The van der Waals surface area contributed by atoms with Crippen LogP contribution in [0.25, 0.3) is 0 Å². The highest BCUT2D eigenvalue weighted by atomic mass is 79.9. The molecule has 0 N–H and O–H groups in total. The molecular formula is C10H9Br2FO. The Morgan fingerprint density at radius 1 is 1.50 bits per heavy atom. The van der Waals surface area contributed by atoms with Crippen LogP contribution in [0, 0.1) is 5.82 Å². The summed E-state index contributed by atoms with van der Waals surface area (Å²) in [6, 6.07) is 2.91. The lowest BCUT2D eigenvalue weighted by molar-refractivity contribution is 0.0983. The van der Waals surface area contributed by atoms with Crippen molar-refractivity contribution in [2.45, 2.75) is 18.7 Å². The van der Waals surface area contributed by atoms with Gasteiger partial charge in [-0.25, -0.2) is 4.39 Å². The van der Waals surface area contributed by atoms with E-state index in [0.717, 1.165) is 4.47 Å². The molecule has 0 bridgehead atoms. The van der Waals surface area contributed by atoms with Crippen LogP contribution in [0.5, 0.6) is 0 Å². The maximum absolute atomic E-state index is 13.4. The quantitative estimate of drug-likeness (QED) is 0.605. The van der Waals surface area contributed by atoms with Crippen molar-refractivity contribution in [3.63, 3.8) is 0 Å². The largest absolute Gasteiger partial charge is 0.294 e. The topological polar surface area (TPSA) is 17.1 Å². The van der Waals surface area contributed by atoms with Gasteiger partial charge in [-0.15, -0.1) is 0 Å². The number of ketones is 1. The maximum Gasteiger partial charge on any atom is 0.165 e. The molecular weight excluding hydrogens is 315 g/mol. The number of alkyl halides is 1. The van der Waals surface area contributed by atoms with Crippen molar-refractivity contribution in [2.75, 3.05) is 0 Å². The number of halogens is 3. The fraction of sp³-hybridized carbons (Fsp3) is 0.300. The summed E-state index contributed by atoms with van der Waals surface area (Å²) in [5.41, 5.74) is 0.871. The average Bonchev–Trinajstić information content (AvgIpc) is 2.19. The van der Waals surface area contributed by atoms with Crippen molar-refractivity contribution in [1.82, 2.24) is 0 Å². The number of carbonyl (C=O) groups is 1. The molecule has 0 heterocycles. The highest BCUT2D eigenvalue weighted by Crippen LogP contribution is 2.26. The summed E-state index contributed by atoms with van der Waals surface area (Å²) < 4.78 is 14.1. The van der Waals surface area contributed by atoms with E-state index >= 15 is 0 Å². The first-order valence-corrected chi connectivity index (χ1v) is 6.09. The van der Waals surface area contributed by atoms with Crippen LogP contribution in [-0.4, -0.2) is 5.78 Å². The van der Waals surface area contributed by atoms with Crippen molar-refractivity contribution >= 4 is 37.6 Å². The van der Waals surface area contributed by atoms with Crippen LogP contribution in [0.4, 0.5) is 4.39 Å². The van der Waals surface area contributed by atoms with Crippen molar-refractivity contribution in [3.05, 3.63) is 33.5 Å². The lowest BCUT2D eigenvalue weighted by atomic mass is 10.0. The van der Waals surface area contributed by atoms with Crippen molar-refractivity contribution in [3.8, 4) is 0 Å². The Morgan fingerprint density at radius 2 is 2.14 bits per heavy atom. The van der Waals surface area contributed by atoms with Crippen LogP contribution in [0.1, 0.15) is 29.3 Å². The molecule has 0 aliphatic heterocycles. The Bertz CT molecular complexity index is 363. The minimum Gasteiger partial charge on any atom is -0.294 e. The first-order chi connectivity index (χ1) is 6.61. The van der Waals surface area contributed by atoms with E-state index < -0.39 is 5.82 Å². The van der Waals surface area contributed by atoms with Crippen molar-refractivity contribution < 1.29 is 9.18 Å². The fourth-order valence-electron chi connectivity index (χ4n) is 1.20. The molecule has 0 amide bonds. The fourth-order valence-corrected chi connectivity index (χ4v) is 2.63. The second kappa shape index (κ2) is 5.03. The third-order valence-electron chi connectivity index (χ3n) is 1.94. The van der Waals surface area contributed by atoms with Gasteiger partial charge in [0.15, 0.2) is 5.78 Å². The summed E-state index contributed by atoms with van der Waals surface area (Å²) in [6.45, 7) is 1.72. The number of carbonyl (C=O) groups excluding carboxylic acids is 1. The SMILES string of the molecule is CCC(=O)c1c(F)ccc(Br)c1CBr. The molecule has 1 aromatic rings. The van der Waals surface area contributed by atoms with Gasteiger partial charge in [-0.1, -0.05) is 38.8 Å². The highest BCUT2D eigenvalue weighted by Gasteiger charge is 2.16. The van der Waals surface area contributed by atoms with Crippen LogP contribution in [-0.2, 0) is 5.33 Å². The van der Waals surface area contributed by atoms with Gasteiger partial charge in [-0.2, -0.15) is 0 Å². The van der Waals surface area contributed by atoms with Crippen LogP contribution < -0.4 is 0 Å². The number of hydrogen-bond acceptors (Lipinski definition) is 1. The van der Waals surface area contributed by atoms with Gasteiger partial charge in [-0.05, 0) is 17.7 Å². The van der Waals surface area contributed by atoms with Gasteiger partial charge in [0.05, 0.1) is 5.56 Å². The normalized spacial score (nSPS) is 10.3. The Hall–Kier alpha value is -0.220. The number of hydrogen-bond donors (Lipinski definition) is 0. The first kappa shape index (κ1) is 11.9. The summed E-state index contributed by atoms with van der Waals surface area (Å²) in [4.78, 5) is 11.5. The summed E-state index contributed by atoms with van der Waals surface area (Å²) in [6.07, 6.45) is 0.313. The van der Waals surface area contributed by atoms with Gasteiger partial charge in [0.1, 0.15) is 5.82 Å². The molecule has 0 radical (unpaired) electrons. The smallest absolute Gasteiger partial charge is 0.165 e. The Kier molecular flexibility index (Phi) is 4.26. The van der Waals surface area contributed by atoms with Crippen LogP contribution in [0.2, 0.25) is 0 Å². The van der Waals surface area contributed by atoms with Crippen molar-refractivity contribution in [1.29, 1.82) is 0 Å². The number of Topliss-reactive ketones (excluding diaryl/α,β-unsaturated/α-hetero) is 1. The maximum atomic E-state index is 13.4. The minimum absolute atomic E-state index is 0.168. The van der Waals surface area contributed by atoms with Gasteiger partial charge >= 0.3 is 0 Å². The van der Waals surface area contributed by atoms with E-state index in [4.69, 9.17) is 0 Å². The van der Waals surface area contributed by atoms with Gasteiger partial charge in [0.25, 0.3) is 0 Å². The molecule has 4 heteroatoms. The highest BCUT2D eigenvalue weighted by molar-refractivity contribution is 9.10. The number of benzene rings is 1. The molecule has 0 atom stereocenters. The molecule has 1 nitrogen and oxygen atoms in total. The first-order valence-electron chi connectivity index (χ1n) is 4.17. The lowest BCUT2D eigenvalue weighted by Gasteiger charge is -2.08. The second-order valence-corrected chi connectivity index (χ2v) is 4.21. The molecule has 0 fully saturated rings. The van der Waals surface area contributed by atoms with Gasteiger partial charge < -0.3 is 0 Å². The summed E-state index contributed by atoms with van der Waals surface area (Å²) in [7, 11) is 0. The van der Waals surface area contributed by atoms with E-state index in [2.05, 4.69) is 31.9 Å². The zero-order valence-corrected chi connectivity index (χ0v) is 10.8. The predicted molar refractivity (Wildman–Crippen MR) is 61.4 cm³/mol. The van der Waals surface area contributed by atoms with E-state index in [1.807, 2.05) is 0 Å². The van der Waals surface area contributed by atoms with Crippen LogP contribution in [0.3, 0.4) is 0 Å². The lowest BCUT2D eigenvalue weighted by Crippen LogP contribution is -2.05. The van der Waals surface area contributed by atoms with Gasteiger partial charge in [-0.3, -0.25) is 4.79 Å². The molecule has 0 aliphatic rings. The van der Waals surface area contributed by atoms with E-state index in [1.165, 1.54) is 6.07 Å². The van der Waals surface area contributed by atoms with E-state index in [0.29, 0.717) is 17.3 Å². The van der Waals surface area contributed by atoms with E-state index in [-0.39, 0.29) is 11.3 Å². The predicted octanol–water partition coefficient (Wildman–Crippen LogP) is 4.08. The third-order valence-corrected chi connectivity index (χ3v) is 3.24. The summed E-state index contributed by atoms with van der Waals surface area (Å²) in [5, 5.41) is 0.465. The summed E-state index contributed by atoms with van der Waals surface area (Å²) in [5.74, 6) is -0.618. The Balaban J connectivity index is 3.37. The zero-order chi connectivity index (χ0) is 10.7. The van der Waals surface area contributed by atoms with E-state index in [1.54, 1.807) is 13.0 Å². The molecule has 14 heavy (non-hydrogen) atoms. The molecule has 1 rings (SSSR count). The Morgan fingerprint density at radius 3 is 2.64 bits per heavy atom. The molecule has 0 aliphatic carbocycles. The molecule has 0 saturated heterocycles. The summed E-state index contributed by atoms with van der Waals surface area (Å²) >= 11 is 6.53. The average molecular weight is 324 g/mol. The molecule has 0 saturated carbocycles. The second-order valence-electron chi connectivity index (χ2n) is 2.79. The monoisotopic (exact) mass is 322 g/mol.